The first-order chi connectivity index (χ1) is 25.8. The van der Waals surface area contributed by atoms with E-state index in [4.69, 9.17) is 0 Å². The van der Waals surface area contributed by atoms with Crippen LogP contribution >= 0.6 is 11.3 Å². The van der Waals surface area contributed by atoms with Crippen LogP contribution in [0.25, 0.3) is 107 Å². The Morgan fingerprint density at radius 1 is 0.327 bits per heavy atom. The number of hydrogen-bond donors (Lipinski definition) is 0. The van der Waals surface area contributed by atoms with Crippen LogP contribution in [-0.2, 0) is 0 Å². The monoisotopic (exact) mass is 742 g/mol. The molecule has 0 spiro atoms. The van der Waals surface area contributed by atoms with E-state index in [1.165, 1.54) is 107 Å². The van der Waals surface area contributed by atoms with Crippen LogP contribution in [0.1, 0.15) is 0 Å². The van der Waals surface area contributed by atoms with Crippen molar-refractivity contribution in [3.63, 3.8) is 0 Å². The second kappa shape index (κ2) is 11.9. The summed E-state index contributed by atoms with van der Waals surface area (Å²) in [5.74, 6) is 0. The maximum atomic E-state index is 2.38. The van der Waals surface area contributed by atoms with Crippen molar-refractivity contribution < 1.29 is 0 Å². The van der Waals surface area contributed by atoms with Crippen molar-refractivity contribution >= 4 is 88.2 Å². The van der Waals surface area contributed by atoms with Crippen molar-refractivity contribution in [2.45, 2.75) is 0 Å². The van der Waals surface area contributed by atoms with E-state index in [0.717, 1.165) is 0 Å². The Hall–Kier alpha value is -5.76. The molecular formula is C50H30SSe. The molecule has 9 aromatic carbocycles. The molecule has 0 fully saturated rings. The standard InChI is InChI=1S/C50H30SSe/c1-2-14-31(15-3-1)45-33-16-4-8-20-37(33)47(38-21-9-5-17-34(38)45)41-24-13-27-44-49(41)43-26-12-25-42(50(43)52-44)48-39-22-10-6-18-35(39)46(32-28-29-51-30-32)36-19-7-11-23-40(36)48/h1-30H. The zero-order valence-electron chi connectivity index (χ0n) is 28.1. The first-order valence-electron chi connectivity index (χ1n) is 17.7. The van der Waals surface area contributed by atoms with E-state index >= 15 is 0 Å². The zero-order chi connectivity index (χ0) is 34.2. The molecular weight excluding hydrogens is 712 g/mol. The van der Waals surface area contributed by atoms with Crippen molar-refractivity contribution in [3.05, 3.63) is 181 Å². The second-order valence-electron chi connectivity index (χ2n) is 13.5. The molecule has 0 bridgehead atoms. The Kier molecular flexibility index (Phi) is 6.85. The van der Waals surface area contributed by atoms with Crippen LogP contribution in [0.2, 0.25) is 0 Å². The van der Waals surface area contributed by atoms with Crippen LogP contribution in [-0.4, -0.2) is 14.5 Å². The van der Waals surface area contributed by atoms with E-state index < -0.39 is 0 Å². The fourth-order valence-corrected chi connectivity index (χ4v) is 12.0. The summed E-state index contributed by atoms with van der Waals surface area (Å²) in [5, 5.41) is 17.7. The summed E-state index contributed by atoms with van der Waals surface area (Å²) in [6.07, 6.45) is 0. The topological polar surface area (TPSA) is 0 Å². The minimum absolute atomic E-state index is 0.140. The third-order valence-corrected chi connectivity index (χ3v) is 14.0. The molecule has 0 aliphatic rings. The summed E-state index contributed by atoms with van der Waals surface area (Å²) in [4.78, 5) is 0. The molecule has 11 rings (SSSR count). The van der Waals surface area contributed by atoms with Gasteiger partial charge in [0.15, 0.2) is 0 Å². The zero-order valence-corrected chi connectivity index (χ0v) is 30.7. The van der Waals surface area contributed by atoms with Crippen LogP contribution in [0, 0.1) is 0 Å². The number of thiophene rings is 1. The van der Waals surface area contributed by atoms with Gasteiger partial charge in [0, 0.05) is 0 Å². The first kappa shape index (κ1) is 29.9. The van der Waals surface area contributed by atoms with Crippen molar-refractivity contribution in [3.8, 4) is 44.5 Å². The summed E-state index contributed by atoms with van der Waals surface area (Å²) >= 11 is 1.90. The normalized spacial score (nSPS) is 11.8. The molecule has 0 unspecified atom stereocenters. The van der Waals surface area contributed by atoms with E-state index in [2.05, 4.69) is 181 Å². The molecule has 0 nitrogen and oxygen atoms in total. The fourth-order valence-electron chi connectivity index (χ4n) is 8.72. The summed E-state index contributed by atoms with van der Waals surface area (Å²) in [5.41, 5.74) is 10.5. The van der Waals surface area contributed by atoms with Crippen molar-refractivity contribution in [2.24, 2.45) is 0 Å². The Labute approximate surface area is 311 Å². The van der Waals surface area contributed by atoms with Gasteiger partial charge in [-0.3, -0.25) is 0 Å². The molecule has 0 amide bonds. The summed E-state index contributed by atoms with van der Waals surface area (Å²) in [6.45, 7) is 0. The molecule has 0 atom stereocenters. The van der Waals surface area contributed by atoms with Gasteiger partial charge < -0.3 is 0 Å². The predicted octanol–water partition coefficient (Wildman–Crippen LogP) is 14.4. The molecule has 0 N–H and O–H groups in total. The molecule has 11 aromatic rings. The SMILES string of the molecule is c1ccc(-c2c3ccccc3c(-c3cccc4[se]c5c(-c6c7ccccc7c(-c7ccsc7)c7ccccc67)cccc5c34)c3ccccc23)cc1. The van der Waals surface area contributed by atoms with E-state index in [-0.39, 0.29) is 14.5 Å². The number of benzene rings is 9. The third-order valence-electron chi connectivity index (χ3n) is 10.8. The number of fused-ring (bicyclic) bond motifs is 7. The van der Waals surface area contributed by atoms with Crippen molar-refractivity contribution in [2.75, 3.05) is 0 Å². The molecule has 2 aromatic heterocycles. The van der Waals surface area contributed by atoms with Gasteiger partial charge in [-0.25, -0.2) is 0 Å². The summed E-state index contributed by atoms with van der Waals surface area (Å²) in [6, 6.07) is 63.4. The average Bonchev–Trinajstić information content (AvgIpc) is 3.88. The second-order valence-corrected chi connectivity index (χ2v) is 16.5. The first-order valence-corrected chi connectivity index (χ1v) is 20.4. The van der Waals surface area contributed by atoms with Crippen LogP contribution in [0.4, 0.5) is 0 Å². The summed E-state index contributed by atoms with van der Waals surface area (Å²) < 4.78 is 2.93. The Morgan fingerprint density at radius 2 is 0.769 bits per heavy atom. The van der Waals surface area contributed by atoms with E-state index in [9.17, 15) is 0 Å². The number of hydrogen-bond acceptors (Lipinski definition) is 1. The van der Waals surface area contributed by atoms with E-state index in [1.807, 2.05) is 0 Å². The van der Waals surface area contributed by atoms with Gasteiger partial charge in [-0.15, -0.1) is 0 Å². The molecule has 2 heteroatoms. The van der Waals surface area contributed by atoms with Crippen molar-refractivity contribution in [1.82, 2.24) is 0 Å². The fraction of sp³-hybridized carbons (Fsp3) is 0. The minimum atomic E-state index is 0.140. The van der Waals surface area contributed by atoms with Gasteiger partial charge in [0.1, 0.15) is 0 Å². The molecule has 52 heavy (non-hydrogen) atoms. The van der Waals surface area contributed by atoms with Gasteiger partial charge in [-0.05, 0) is 0 Å². The molecule has 0 aliphatic heterocycles. The van der Waals surface area contributed by atoms with Crippen LogP contribution in [0.15, 0.2) is 181 Å². The maximum absolute atomic E-state index is 2.38. The quantitative estimate of drug-likeness (QED) is 0.124. The van der Waals surface area contributed by atoms with Gasteiger partial charge in [-0.2, -0.15) is 0 Å². The molecule has 242 valence electrons. The Balaban J connectivity index is 1.25. The Bertz CT molecular complexity index is 3050. The van der Waals surface area contributed by atoms with Crippen LogP contribution < -0.4 is 0 Å². The van der Waals surface area contributed by atoms with Gasteiger partial charge >= 0.3 is 313 Å². The molecule has 2 heterocycles. The van der Waals surface area contributed by atoms with Gasteiger partial charge in [0.05, 0.1) is 0 Å². The van der Waals surface area contributed by atoms with E-state index in [1.54, 1.807) is 11.3 Å². The Morgan fingerprint density at radius 3 is 1.31 bits per heavy atom. The van der Waals surface area contributed by atoms with E-state index in [0.29, 0.717) is 0 Å². The van der Waals surface area contributed by atoms with Crippen LogP contribution in [0.3, 0.4) is 0 Å². The predicted molar refractivity (Wildman–Crippen MR) is 228 cm³/mol. The molecule has 0 radical (unpaired) electrons. The van der Waals surface area contributed by atoms with Crippen LogP contribution in [0.5, 0.6) is 0 Å². The summed E-state index contributed by atoms with van der Waals surface area (Å²) in [7, 11) is 0. The number of rotatable bonds is 4. The third kappa shape index (κ3) is 4.39. The van der Waals surface area contributed by atoms with Gasteiger partial charge in [-0.1, -0.05) is 0 Å². The molecule has 0 saturated heterocycles. The van der Waals surface area contributed by atoms with Gasteiger partial charge in [0.25, 0.3) is 0 Å². The van der Waals surface area contributed by atoms with Crippen molar-refractivity contribution in [1.29, 1.82) is 0 Å². The average molecular weight is 742 g/mol. The molecule has 0 saturated carbocycles. The molecule has 0 aliphatic carbocycles. The van der Waals surface area contributed by atoms with Gasteiger partial charge in [0.2, 0.25) is 0 Å².